The van der Waals surface area contributed by atoms with Crippen LogP contribution in [-0.4, -0.2) is 21.1 Å². The average molecular weight is 493 g/mol. The average Bonchev–Trinajstić information content (AvgIpc) is 3.33. The van der Waals surface area contributed by atoms with Crippen LogP contribution >= 0.6 is 11.6 Å². The van der Waals surface area contributed by atoms with Gasteiger partial charge >= 0.3 is 6.03 Å². The van der Waals surface area contributed by atoms with Crippen LogP contribution in [0.1, 0.15) is 30.0 Å². The molecule has 0 radical (unpaired) electrons. The fraction of sp³-hybridized carbons (Fsp3) is 0.115. The molecule has 4 aromatic rings. The van der Waals surface area contributed by atoms with Crippen molar-refractivity contribution >= 4 is 23.2 Å². The summed E-state index contributed by atoms with van der Waals surface area (Å²) in [5, 5.41) is 7.63. The van der Waals surface area contributed by atoms with Crippen LogP contribution in [0.25, 0.3) is 17.0 Å². The molecule has 1 aliphatic rings. The van der Waals surface area contributed by atoms with Crippen LogP contribution < -0.4 is 5.32 Å². The molecular weight excluding hydrogens is 474 g/mol. The van der Waals surface area contributed by atoms with E-state index in [2.05, 4.69) is 15.5 Å². The predicted octanol–water partition coefficient (Wildman–Crippen LogP) is 6.37. The first-order valence-corrected chi connectivity index (χ1v) is 11.2. The number of carbonyl (C=O) groups excluding carboxylic acids is 1. The summed E-state index contributed by atoms with van der Waals surface area (Å²) in [4.78, 5) is 19.2. The van der Waals surface area contributed by atoms with Crippen molar-refractivity contribution in [2.75, 3.05) is 0 Å². The summed E-state index contributed by atoms with van der Waals surface area (Å²) >= 11 is 6.00. The monoisotopic (exact) mass is 492 g/mol. The number of rotatable bonds is 5. The summed E-state index contributed by atoms with van der Waals surface area (Å²) in [6.07, 6.45) is 0. The van der Waals surface area contributed by atoms with Gasteiger partial charge in [-0.05, 0) is 66.6 Å². The number of hydrogen-bond acceptors (Lipinski definition) is 4. The third-order valence-electron chi connectivity index (χ3n) is 5.81. The van der Waals surface area contributed by atoms with Crippen molar-refractivity contribution in [3.05, 3.63) is 112 Å². The number of aromatic nitrogens is 2. The summed E-state index contributed by atoms with van der Waals surface area (Å²) in [7, 11) is 0. The van der Waals surface area contributed by atoms with Crippen molar-refractivity contribution in [3.63, 3.8) is 0 Å². The van der Waals surface area contributed by atoms with Crippen LogP contribution in [0.15, 0.2) is 83.0 Å². The first kappa shape index (κ1) is 22.7. The standard InChI is InChI=1S/C26H19ClF2N4O2/c1-15-22(25-31-24(32-35-25)18-6-12-21(29)13-7-18)23(17-4-10-20(28)11-5-17)30-26(34)33(15)14-16-2-8-19(27)9-3-16/h2-13,23H,14H2,1H3,(H,30,34). The van der Waals surface area contributed by atoms with Gasteiger partial charge in [0.1, 0.15) is 11.6 Å². The molecule has 176 valence electrons. The predicted molar refractivity (Wildman–Crippen MR) is 127 cm³/mol. The van der Waals surface area contributed by atoms with Crippen LogP contribution in [0.3, 0.4) is 0 Å². The number of nitrogens with one attached hydrogen (secondary N) is 1. The van der Waals surface area contributed by atoms with Crippen LogP contribution in [0.2, 0.25) is 5.02 Å². The largest absolute Gasteiger partial charge is 0.334 e. The Morgan fingerprint density at radius 1 is 0.971 bits per heavy atom. The second-order valence-electron chi connectivity index (χ2n) is 8.08. The molecule has 1 N–H and O–H groups in total. The third kappa shape index (κ3) is 4.65. The number of amides is 2. The Labute approximate surface area is 204 Å². The highest BCUT2D eigenvalue weighted by Crippen LogP contribution is 2.38. The lowest BCUT2D eigenvalue weighted by molar-refractivity contribution is 0.203. The minimum Gasteiger partial charge on any atom is -0.334 e. The Hall–Kier alpha value is -4.04. The van der Waals surface area contributed by atoms with Gasteiger partial charge in [0.25, 0.3) is 5.89 Å². The van der Waals surface area contributed by atoms with Gasteiger partial charge in [-0.2, -0.15) is 4.98 Å². The molecule has 0 spiro atoms. The molecule has 0 saturated heterocycles. The molecule has 2 amide bonds. The lowest BCUT2D eigenvalue weighted by atomic mass is 9.94. The number of allylic oxidation sites excluding steroid dienone is 1. The third-order valence-corrected chi connectivity index (χ3v) is 6.06. The molecule has 9 heteroatoms. The summed E-state index contributed by atoms with van der Waals surface area (Å²) in [6, 6.07) is 17.8. The highest BCUT2D eigenvalue weighted by atomic mass is 35.5. The quantitative estimate of drug-likeness (QED) is 0.351. The van der Waals surface area contributed by atoms with Gasteiger partial charge in [-0.25, -0.2) is 13.6 Å². The van der Waals surface area contributed by atoms with Gasteiger partial charge in [0.2, 0.25) is 5.82 Å². The maximum absolute atomic E-state index is 13.6. The molecule has 0 saturated carbocycles. The maximum Gasteiger partial charge on any atom is 0.322 e. The van der Waals surface area contributed by atoms with Gasteiger partial charge < -0.3 is 9.84 Å². The van der Waals surface area contributed by atoms with Crippen molar-refractivity contribution in [2.24, 2.45) is 0 Å². The molecule has 1 atom stereocenters. The first-order valence-electron chi connectivity index (χ1n) is 10.8. The molecule has 3 aromatic carbocycles. The smallest absolute Gasteiger partial charge is 0.322 e. The van der Waals surface area contributed by atoms with Crippen molar-refractivity contribution in [1.29, 1.82) is 0 Å². The van der Waals surface area contributed by atoms with Gasteiger partial charge in [-0.15, -0.1) is 0 Å². The van der Waals surface area contributed by atoms with Crippen LogP contribution in [0.4, 0.5) is 13.6 Å². The molecule has 1 aliphatic heterocycles. The number of hydrogen-bond donors (Lipinski definition) is 1. The summed E-state index contributed by atoms with van der Waals surface area (Å²) in [5.74, 6) is -0.296. The summed E-state index contributed by atoms with van der Waals surface area (Å²) in [6.45, 7) is 2.08. The highest BCUT2D eigenvalue weighted by molar-refractivity contribution is 6.30. The molecule has 2 heterocycles. The number of carbonyl (C=O) groups is 1. The van der Waals surface area contributed by atoms with Gasteiger partial charge in [0, 0.05) is 16.3 Å². The molecule has 1 unspecified atom stereocenters. The topological polar surface area (TPSA) is 71.3 Å². The lowest BCUT2D eigenvalue weighted by Gasteiger charge is -2.35. The number of benzene rings is 3. The molecule has 0 aliphatic carbocycles. The van der Waals surface area contributed by atoms with Gasteiger partial charge in [0.05, 0.1) is 18.2 Å². The van der Waals surface area contributed by atoms with Crippen molar-refractivity contribution in [2.45, 2.75) is 19.5 Å². The van der Waals surface area contributed by atoms with Crippen molar-refractivity contribution < 1.29 is 18.1 Å². The van der Waals surface area contributed by atoms with E-state index in [9.17, 15) is 13.6 Å². The Morgan fingerprint density at radius 3 is 2.26 bits per heavy atom. The van der Waals surface area contributed by atoms with E-state index in [-0.39, 0.29) is 35.9 Å². The Bertz CT molecular complexity index is 1400. The van der Waals surface area contributed by atoms with E-state index in [4.69, 9.17) is 16.1 Å². The van der Waals surface area contributed by atoms with Gasteiger partial charge in [-0.1, -0.05) is 41.0 Å². The summed E-state index contributed by atoms with van der Waals surface area (Å²) < 4.78 is 32.5. The van der Waals surface area contributed by atoms with Crippen molar-refractivity contribution in [3.8, 4) is 11.4 Å². The van der Waals surface area contributed by atoms with E-state index in [1.54, 1.807) is 48.2 Å². The van der Waals surface area contributed by atoms with E-state index in [1.165, 1.54) is 24.3 Å². The Balaban J connectivity index is 1.58. The zero-order chi connectivity index (χ0) is 24.5. The zero-order valence-electron chi connectivity index (χ0n) is 18.5. The van der Waals surface area contributed by atoms with Crippen LogP contribution in [-0.2, 0) is 6.54 Å². The minimum absolute atomic E-state index is 0.192. The second-order valence-corrected chi connectivity index (χ2v) is 8.51. The molecule has 6 nitrogen and oxygen atoms in total. The Kier molecular flexibility index (Phi) is 6.05. The van der Waals surface area contributed by atoms with Crippen molar-refractivity contribution in [1.82, 2.24) is 20.4 Å². The Morgan fingerprint density at radius 2 is 1.60 bits per heavy atom. The molecule has 1 aromatic heterocycles. The molecular formula is C26H19ClF2N4O2. The summed E-state index contributed by atoms with van der Waals surface area (Å²) in [5.41, 5.74) is 3.29. The number of urea groups is 1. The van der Waals surface area contributed by atoms with E-state index >= 15 is 0 Å². The maximum atomic E-state index is 13.6. The zero-order valence-corrected chi connectivity index (χ0v) is 19.3. The van der Waals surface area contributed by atoms with Gasteiger partial charge in [0.15, 0.2) is 0 Å². The van der Waals surface area contributed by atoms with E-state index in [0.29, 0.717) is 27.4 Å². The first-order chi connectivity index (χ1) is 16.9. The van der Waals surface area contributed by atoms with E-state index < -0.39 is 6.04 Å². The number of halogens is 3. The fourth-order valence-electron chi connectivity index (χ4n) is 3.98. The van der Waals surface area contributed by atoms with E-state index in [0.717, 1.165) is 5.56 Å². The van der Waals surface area contributed by atoms with Crippen LogP contribution in [0, 0.1) is 11.6 Å². The highest BCUT2D eigenvalue weighted by Gasteiger charge is 2.35. The molecule has 5 rings (SSSR count). The second kappa shape index (κ2) is 9.31. The van der Waals surface area contributed by atoms with Gasteiger partial charge in [-0.3, -0.25) is 4.90 Å². The molecule has 0 fully saturated rings. The SMILES string of the molecule is CC1=C(c2nc(-c3ccc(F)cc3)no2)C(c2ccc(F)cc2)NC(=O)N1Cc1ccc(Cl)cc1. The molecule has 35 heavy (non-hydrogen) atoms. The minimum atomic E-state index is -0.647. The normalized spacial score (nSPS) is 15.9. The fourth-order valence-corrected chi connectivity index (χ4v) is 4.10. The lowest BCUT2D eigenvalue weighted by Crippen LogP contribution is -2.45. The number of nitrogens with zero attached hydrogens (tertiary/aromatic N) is 3. The van der Waals surface area contributed by atoms with E-state index in [1.807, 2.05) is 12.1 Å². The molecule has 0 bridgehead atoms. The van der Waals surface area contributed by atoms with Crippen LogP contribution in [0.5, 0.6) is 0 Å².